The highest BCUT2D eigenvalue weighted by atomic mass is 31.0. The number of nitrogens with one attached hydrogen (secondary N) is 1. The van der Waals surface area contributed by atoms with E-state index in [1.165, 1.54) is 0 Å². The number of amides is 1. The van der Waals surface area contributed by atoms with E-state index < -0.39 is 11.6 Å². The lowest BCUT2D eigenvalue weighted by Gasteiger charge is -2.18. The first-order chi connectivity index (χ1) is 5.35. The zero-order valence-corrected chi connectivity index (χ0v) is 8.66. The van der Waals surface area contributed by atoms with Crippen LogP contribution in [0.1, 0.15) is 27.2 Å². The topological polar surface area (TPSA) is 55.4 Å². The van der Waals surface area contributed by atoms with E-state index in [9.17, 15) is 9.59 Å². The number of carbonyl (C=O) groups is 2. The monoisotopic (exact) mass is 191 g/mol. The molecule has 70 valence electrons. The maximum absolute atomic E-state index is 10.9. The van der Waals surface area contributed by atoms with Crippen molar-refractivity contribution in [2.24, 2.45) is 0 Å². The van der Waals surface area contributed by atoms with Gasteiger partial charge in [0, 0.05) is 0 Å². The molecule has 0 saturated carbocycles. The predicted octanol–water partition coefficient (Wildman–Crippen LogP) is 0.624. The minimum atomic E-state index is -0.530. The van der Waals surface area contributed by atoms with Crippen molar-refractivity contribution in [1.82, 2.24) is 5.09 Å². The number of rotatable bonds is 2. The van der Waals surface area contributed by atoms with Crippen LogP contribution >= 0.6 is 9.39 Å². The molecular formula is C7H14NO3P. The molecule has 0 aliphatic rings. The van der Waals surface area contributed by atoms with Crippen LogP contribution in [0.15, 0.2) is 0 Å². The standard InChI is InChI=1S/C7H14NO3P/c1-7(2,3)11-6(10)4-5(9)8-12/h4,12H2,1-3H3,(H,8,9). The molecule has 0 aromatic carbocycles. The molecule has 0 aromatic rings. The molecule has 0 bridgehead atoms. The van der Waals surface area contributed by atoms with Gasteiger partial charge in [0.1, 0.15) is 12.0 Å². The second kappa shape index (κ2) is 4.41. The van der Waals surface area contributed by atoms with E-state index in [-0.39, 0.29) is 12.3 Å². The number of esters is 1. The van der Waals surface area contributed by atoms with E-state index in [0.29, 0.717) is 0 Å². The quantitative estimate of drug-likeness (QED) is 0.395. The van der Waals surface area contributed by atoms with Crippen molar-refractivity contribution in [3.63, 3.8) is 0 Å². The highest BCUT2D eigenvalue weighted by Crippen LogP contribution is 2.07. The van der Waals surface area contributed by atoms with Crippen molar-refractivity contribution < 1.29 is 14.3 Å². The Bertz CT molecular complexity index is 186. The van der Waals surface area contributed by atoms with E-state index in [0.717, 1.165) is 0 Å². The first kappa shape index (κ1) is 11.4. The van der Waals surface area contributed by atoms with Gasteiger partial charge in [-0.1, -0.05) is 0 Å². The third-order valence-corrected chi connectivity index (χ3v) is 1.21. The molecule has 0 aromatic heterocycles. The highest BCUT2D eigenvalue weighted by Gasteiger charge is 2.17. The Morgan fingerprint density at radius 2 is 1.92 bits per heavy atom. The van der Waals surface area contributed by atoms with Crippen LogP contribution in [-0.4, -0.2) is 17.5 Å². The summed E-state index contributed by atoms with van der Waals surface area (Å²) < 4.78 is 4.90. The van der Waals surface area contributed by atoms with E-state index in [4.69, 9.17) is 4.74 Å². The average molecular weight is 191 g/mol. The van der Waals surface area contributed by atoms with Crippen LogP contribution in [0.4, 0.5) is 0 Å². The van der Waals surface area contributed by atoms with Crippen molar-refractivity contribution in [1.29, 1.82) is 0 Å². The molecule has 0 aliphatic carbocycles. The molecule has 1 amide bonds. The number of hydrogen-bond acceptors (Lipinski definition) is 3. The summed E-state index contributed by atoms with van der Waals surface area (Å²) in [6.45, 7) is 5.26. The van der Waals surface area contributed by atoms with E-state index in [2.05, 4.69) is 5.09 Å². The third kappa shape index (κ3) is 6.10. The maximum Gasteiger partial charge on any atom is 0.315 e. The van der Waals surface area contributed by atoms with Gasteiger partial charge >= 0.3 is 5.97 Å². The van der Waals surface area contributed by atoms with E-state index in [1.807, 2.05) is 9.39 Å². The largest absolute Gasteiger partial charge is 0.460 e. The Morgan fingerprint density at radius 3 is 2.25 bits per heavy atom. The lowest BCUT2D eigenvalue weighted by Crippen LogP contribution is -2.27. The van der Waals surface area contributed by atoms with Crippen LogP contribution in [0.2, 0.25) is 0 Å². The first-order valence-corrected chi connectivity index (χ1v) is 4.14. The van der Waals surface area contributed by atoms with Gasteiger partial charge in [0.05, 0.1) is 0 Å². The third-order valence-electron chi connectivity index (χ3n) is 0.886. The molecular weight excluding hydrogens is 177 g/mol. The maximum atomic E-state index is 10.9. The summed E-state index contributed by atoms with van der Waals surface area (Å²) >= 11 is 0. The summed E-state index contributed by atoms with van der Waals surface area (Å²) in [5, 5.41) is 2.26. The molecule has 1 N–H and O–H groups in total. The normalized spacial score (nSPS) is 10.7. The lowest BCUT2D eigenvalue weighted by molar-refractivity contribution is -0.156. The zero-order chi connectivity index (χ0) is 9.78. The number of ether oxygens (including phenoxy) is 1. The summed E-state index contributed by atoms with van der Waals surface area (Å²) in [6.07, 6.45) is -0.235. The predicted molar refractivity (Wildman–Crippen MR) is 48.3 cm³/mol. The van der Waals surface area contributed by atoms with Crippen LogP contribution in [-0.2, 0) is 14.3 Å². The summed E-state index contributed by atoms with van der Waals surface area (Å²) in [4.78, 5) is 21.6. The zero-order valence-electron chi connectivity index (χ0n) is 7.51. The Hall–Kier alpha value is -0.630. The molecule has 0 radical (unpaired) electrons. The van der Waals surface area contributed by atoms with Gasteiger partial charge in [0.25, 0.3) is 0 Å². The summed E-state index contributed by atoms with van der Waals surface area (Å²) in [5.41, 5.74) is -0.530. The van der Waals surface area contributed by atoms with Crippen molar-refractivity contribution >= 4 is 21.3 Å². The van der Waals surface area contributed by atoms with Crippen molar-refractivity contribution in [2.45, 2.75) is 32.8 Å². The van der Waals surface area contributed by atoms with Gasteiger partial charge < -0.3 is 9.82 Å². The van der Waals surface area contributed by atoms with Crippen LogP contribution in [0.5, 0.6) is 0 Å². The summed E-state index contributed by atoms with van der Waals surface area (Å²) in [5.74, 6) is -0.878. The molecule has 0 spiro atoms. The minimum Gasteiger partial charge on any atom is -0.460 e. The van der Waals surface area contributed by atoms with Crippen LogP contribution < -0.4 is 5.09 Å². The smallest absolute Gasteiger partial charge is 0.315 e. The Kier molecular flexibility index (Phi) is 4.18. The fourth-order valence-electron chi connectivity index (χ4n) is 0.560. The Morgan fingerprint density at radius 1 is 1.42 bits per heavy atom. The SMILES string of the molecule is CC(C)(C)OC(=O)CC(=O)NP. The van der Waals surface area contributed by atoms with Gasteiger partial charge in [-0.3, -0.25) is 9.59 Å². The van der Waals surface area contributed by atoms with Gasteiger partial charge in [0.2, 0.25) is 5.91 Å². The lowest BCUT2D eigenvalue weighted by atomic mass is 10.2. The van der Waals surface area contributed by atoms with Gasteiger partial charge in [0.15, 0.2) is 0 Å². The summed E-state index contributed by atoms with van der Waals surface area (Å²) in [7, 11) is 2.03. The first-order valence-electron chi connectivity index (χ1n) is 3.56. The minimum absolute atomic E-state index is 0.235. The molecule has 4 nitrogen and oxygen atoms in total. The fraction of sp³-hybridized carbons (Fsp3) is 0.714. The molecule has 1 unspecified atom stereocenters. The number of carbonyl (C=O) groups excluding carboxylic acids is 2. The van der Waals surface area contributed by atoms with Crippen molar-refractivity contribution in [3.8, 4) is 0 Å². The Labute approximate surface area is 74.3 Å². The fourth-order valence-corrected chi connectivity index (χ4v) is 0.662. The van der Waals surface area contributed by atoms with Crippen molar-refractivity contribution in [2.75, 3.05) is 0 Å². The van der Waals surface area contributed by atoms with Gasteiger partial charge in [-0.05, 0) is 30.2 Å². The molecule has 0 aliphatic heterocycles. The van der Waals surface area contributed by atoms with Crippen LogP contribution in [0.25, 0.3) is 0 Å². The van der Waals surface area contributed by atoms with Crippen LogP contribution in [0.3, 0.4) is 0 Å². The average Bonchev–Trinajstić information content (AvgIpc) is 1.82. The summed E-state index contributed by atoms with van der Waals surface area (Å²) in [6, 6.07) is 0. The molecule has 5 heteroatoms. The number of hydrogen-bond donors (Lipinski definition) is 1. The second-order valence-electron chi connectivity index (χ2n) is 3.33. The van der Waals surface area contributed by atoms with E-state index >= 15 is 0 Å². The molecule has 0 rings (SSSR count). The Balaban J connectivity index is 3.83. The highest BCUT2D eigenvalue weighted by molar-refractivity contribution is 7.15. The molecule has 0 saturated heterocycles. The second-order valence-corrected chi connectivity index (χ2v) is 3.62. The van der Waals surface area contributed by atoms with Crippen molar-refractivity contribution in [3.05, 3.63) is 0 Å². The molecule has 12 heavy (non-hydrogen) atoms. The van der Waals surface area contributed by atoms with Crippen LogP contribution in [0, 0.1) is 0 Å². The molecule has 1 atom stereocenters. The molecule has 0 fully saturated rings. The van der Waals surface area contributed by atoms with E-state index in [1.54, 1.807) is 20.8 Å². The van der Waals surface area contributed by atoms with Gasteiger partial charge in [-0.25, -0.2) is 0 Å². The van der Waals surface area contributed by atoms with Gasteiger partial charge in [-0.15, -0.1) is 0 Å². The molecule has 0 heterocycles. The van der Waals surface area contributed by atoms with Gasteiger partial charge in [-0.2, -0.15) is 0 Å².